The van der Waals surface area contributed by atoms with E-state index in [-0.39, 0.29) is 12.0 Å². The molecule has 17 heavy (non-hydrogen) atoms. The Morgan fingerprint density at radius 1 is 1.29 bits per heavy atom. The lowest BCUT2D eigenvalue weighted by Gasteiger charge is -2.20. The van der Waals surface area contributed by atoms with Crippen LogP contribution >= 0.6 is 0 Å². The van der Waals surface area contributed by atoms with Crippen molar-refractivity contribution >= 4 is 11.9 Å². The van der Waals surface area contributed by atoms with Gasteiger partial charge in [-0.1, -0.05) is 6.07 Å². The van der Waals surface area contributed by atoms with Crippen molar-refractivity contribution in [3.8, 4) is 0 Å². The number of aliphatic carboxylic acids is 1. The van der Waals surface area contributed by atoms with Gasteiger partial charge in [-0.25, -0.2) is 9.18 Å². The highest BCUT2D eigenvalue weighted by atomic mass is 19.1. The second kappa shape index (κ2) is 4.53. The van der Waals surface area contributed by atoms with Crippen molar-refractivity contribution in [2.75, 3.05) is 0 Å². The van der Waals surface area contributed by atoms with Crippen LogP contribution in [-0.4, -0.2) is 22.2 Å². The fraction of sp³-hybridized carbons (Fsp3) is 0.333. The molecule has 0 aliphatic heterocycles. The number of hydrogen-bond acceptors (Lipinski definition) is 2. The summed E-state index contributed by atoms with van der Waals surface area (Å²) in [7, 11) is 0. The van der Waals surface area contributed by atoms with Gasteiger partial charge < -0.3 is 10.2 Å². The molecule has 92 valence electrons. The van der Waals surface area contributed by atoms with Crippen LogP contribution in [0.5, 0.6) is 0 Å². The van der Waals surface area contributed by atoms with Crippen LogP contribution in [0, 0.1) is 11.2 Å². The molecule has 0 aromatic heterocycles. The number of aromatic carboxylic acids is 1. The first-order valence-corrected chi connectivity index (χ1v) is 4.99. The molecular formula is C12H13FO4. The van der Waals surface area contributed by atoms with Crippen molar-refractivity contribution in [3.05, 3.63) is 35.1 Å². The summed E-state index contributed by atoms with van der Waals surface area (Å²) in [6.07, 6.45) is 0.0320. The van der Waals surface area contributed by atoms with E-state index in [2.05, 4.69) is 0 Å². The molecule has 0 atom stereocenters. The molecule has 0 radical (unpaired) electrons. The van der Waals surface area contributed by atoms with Gasteiger partial charge in [0.05, 0.1) is 11.0 Å². The summed E-state index contributed by atoms with van der Waals surface area (Å²) < 4.78 is 12.9. The molecule has 0 aliphatic rings. The molecule has 0 spiro atoms. The molecule has 1 rings (SSSR count). The number of hydrogen-bond donors (Lipinski definition) is 2. The van der Waals surface area contributed by atoms with Crippen LogP contribution in [-0.2, 0) is 11.2 Å². The van der Waals surface area contributed by atoms with Crippen LogP contribution in [0.2, 0.25) is 0 Å². The van der Waals surface area contributed by atoms with E-state index in [9.17, 15) is 14.0 Å². The number of carbonyl (C=O) groups is 2. The Bertz CT molecular complexity index is 466. The summed E-state index contributed by atoms with van der Waals surface area (Å²) >= 11 is 0. The number of carboxylic acids is 2. The lowest BCUT2D eigenvalue weighted by atomic mass is 9.84. The standard InChI is InChI=1S/C12H13FO4/c1-12(2,11(16)17)6-7-3-4-8(13)5-9(7)10(14)15/h3-5H,6H2,1-2H3,(H,14,15)(H,16,17). The topological polar surface area (TPSA) is 74.6 Å². The number of carboxylic acid groups (broad SMARTS) is 2. The van der Waals surface area contributed by atoms with E-state index in [1.165, 1.54) is 19.9 Å². The lowest BCUT2D eigenvalue weighted by molar-refractivity contribution is -0.146. The highest BCUT2D eigenvalue weighted by Crippen LogP contribution is 2.24. The van der Waals surface area contributed by atoms with Crippen LogP contribution < -0.4 is 0 Å². The van der Waals surface area contributed by atoms with Gasteiger partial charge >= 0.3 is 11.9 Å². The number of halogens is 1. The summed E-state index contributed by atoms with van der Waals surface area (Å²) in [5.41, 5.74) is -0.979. The SMILES string of the molecule is CC(C)(Cc1ccc(F)cc1C(=O)O)C(=O)O. The molecule has 0 bridgehead atoms. The van der Waals surface area contributed by atoms with Crippen LogP contribution in [0.3, 0.4) is 0 Å². The van der Waals surface area contributed by atoms with Crippen LogP contribution in [0.1, 0.15) is 29.8 Å². The molecule has 5 heteroatoms. The fourth-order valence-corrected chi connectivity index (χ4v) is 1.45. The Labute approximate surface area is 97.7 Å². The maximum Gasteiger partial charge on any atom is 0.336 e. The van der Waals surface area contributed by atoms with E-state index >= 15 is 0 Å². The van der Waals surface area contributed by atoms with Crippen molar-refractivity contribution in [2.45, 2.75) is 20.3 Å². The van der Waals surface area contributed by atoms with Gasteiger partial charge in [0.25, 0.3) is 0 Å². The Hall–Kier alpha value is -1.91. The van der Waals surface area contributed by atoms with E-state index in [1.54, 1.807) is 0 Å². The normalized spacial score (nSPS) is 11.2. The van der Waals surface area contributed by atoms with Gasteiger partial charge in [-0.15, -0.1) is 0 Å². The van der Waals surface area contributed by atoms with Gasteiger partial charge in [0.15, 0.2) is 0 Å². The summed E-state index contributed by atoms with van der Waals surface area (Å²) in [6.45, 7) is 2.98. The molecule has 1 aromatic rings. The van der Waals surface area contributed by atoms with E-state index < -0.39 is 23.2 Å². The van der Waals surface area contributed by atoms with E-state index in [4.69, 9.17) is 10.2 Å². The maximum atomic E-state index is 12.9. The first-order chi connectivity index (χ1) is 7.74. The molecule has 4 nitrogen and oxygen atoms in total. The lowest BCUT2D eigenvalue weighted by Crippen LogP contribution is -2.27. The third-order valence-electron chi connectivity index (χ3n) is 2.51. The highest BCUT2D eigenvalue weighted by Gasteiger charge is 2.29. The van der Waals surface area contributed by atoms with Crippen molar-refractivity contribution in [1.82, 2.24) is 0 Å². The van der Waals surface area contributed by atoms with Gasteiger partial charge in [-0.3, -0.25) is 4.79 Å². The van der Waals surface area contributed by atoms with Gasteiger partial charge in [0, 0.05) is 0 Å². The average Bonchev–Trinajstić information content (AvgIpc) is 2.19. The van der Waals surface area contributed by atoms with Crippen molar-refractivity contribution in [1.29, 1.82) is 0 Å². The van der Waals surface area contributed by atoms with Crippen LogP contribution in [0.4, 0.5) is 4.39 Å². The molecule has 0 fully saturated rings. The molecule has 0 saturated heterocycles. The summed E-state index contributed by atoms with van der Waals surface area (Å²) in [4.78, 5) is 21.9. The Balaban J connectivity index is 3.15. The Kier molecular flexibility index (Phi) is 3.50. The molecular weight excluding hydrogens is 227 g/mol. The second-order valence-electron chi connectivity index (χ2n) is 4.47. The van der Waals surface area contributed by atoms with E-state index in [0.29, 0.717) is 5.56 Å². The summed E-state index contributed by atoms with van der Waals surface area (Å²) in [5, 5.41) is 17.9. The molecule has 2 N–H and O–H groups in total. The first kappa shape index (κ1) is 13.2. The zero-order valence-electron chi connectivity index (χ0n) is 9.53. The zero-order chi connectivity index (χ0) is 13.2. The third kappa shape index (κ3) is 3.03. The van der Waals surface area contributed by atoms with Crippen molar-refractivity contribution in [3.63, 3.8) is 0 Å². The third-order valence-corrected chi connectivity index (χ3v) is 2.51. The largest absolute Gasteiger partial charge is 0.481 e. The minimum Gasteiger partial charge on any atom is -0.481 e. The van der Waals surface area contributed by atoms with Crippen LogP contribution in [0.25, 0.3) is 0 Å². The van der Waals surface area contributed by atoms with E-state index in [1.807, 2.05) is 0 Å². The Morgan fingerprint density at radius 2 is 1.88 bits per heavy atom. The average molecular weight is 240 g/mol. The molecule has 0 aliphatic carbocycles. The predicted octanol–water partition coefficient (Wildman–Crippen LogP) is 2.18. The maximum absolute atomic E-state index is 12.9. The summed E-state index contributed by atoms with van der Waals surface area (Å²) in [5.74, 6) is -2.95. The summed E-state index contributed by atoms with van der Waals surface area (Å²) in [6, 6.07) is 3.33. The number of benzene rings is 1. The second-order valence-corrected chi connectivity index (χ2v) is 4.47. The van der Waals surface area contributed by atoms with Gasteiger partial charge in [-0.2, -0.15) is 0 Å². The molecule has 0 saturated carbocycles. The molecule has 0 heterocycles. The van der Waals surface area contributed by atoms with Crippen molar-refractivity contribution in [2.24, 2.45) is 5.41 Å². The van der Waals surface area contributed by atoms with Gasteiger partial charge in [-0.05, 0) is 38.0 Å². The predicted molar refractivity (Wildman–Crippen MR) is 58.5 cm³/mol. The van der Waals surface area contributed by atoms with Crippen LogP contribution in [0.15, 0.2) is 18.2 Å². The Morgan fingerprint density at radius 3 is 2.35 bits per heavy atom. The quantitative estimate of drug-likeness (QED) is 0.845. The highest BCUT2D eigenvalue weighted by molar-refractivity contribution is 5.89. The smallest absolute Gasteiger partial charge is 0.336 e. The molecule has 1 aromatic carbocycles. The van der Waals surface area contributed by atoms with E-state index in [0.717, 1.165) is 12.1 Å². The number of rotatable bonds is 4. The first-order valence-electron chi connectivity index (χ1n) is 4.99. The zero-order valence-corrected chi connectivity index (χ0v) is 9.53. The van der Waals surface area contributed by atoms with Crippen molar-refractivity contribution < 1.29 is 24.2 Å². The monoisotopic (exact) mass is 240 g/mol. The minimum absolute atomic E-state index is 0.0320. The van der Waals surface area contributed by atoms with Gasteiger partial charge in [0.2, 0.25) is 0 Å². The molecule has 0 unspecified atom stereocenters. The van der Waals surface area contributed by atoms with Gasteiger partial charge in [0.1, 0.15) is 5.82 Å². The minimum atomic E-state index is -1.26. The molecule has 0 amide bonds. The fourth-order valence-electron chi connectivity index (χ4n) is 1.45.